The number of carbonyl (C=O) groups is 3. The third kappa shape index (κ3) is 2.32. The summed E-state index contributed by atoms with van der Waals surface area (Å²) in [6.07, 6.45) is 0.0603. The Morgan fingerprint density at radius 2 is 1.61 bits per heavy atom. The number of nitrogens with zero attached hydrogens (tertiary/aromatic N) is 1. The predicted octanol–water partition coefficient (Wildman–Crippen LogP) is 2.21. The summed E-state index contributed by atoms with van der Waals surface area (Å²) in [5, 5.41) is 0.625. The average molecular weight is 288 g/mol. The summed E-state index contributed by atoms with van der Waals surface area (Å²) >= 11 is 11.6. The molecule has 5 nitrogen and oxygen atoms in total. The van der Waals surface area contributed by atoms with Gasteiger partial charge in [0.25, 0.3) is 11.8 Å². The van der Waals surface area contributed by atoms with Crippen molar-refractivity contribution in [3.63, 3.8) is 0 Å². The summed E-state index contributed by atoms with van der Waals surface area (Å²) in [5.41, 5.74) is -0.0756. The van der Waals surface area contributed by atoms with Crippen molar-refractivity contribution < 1.29 is 19.2 Å². The molecule has 0 atom stereocenters. The predicted molar refractivity (Wildman–Crippen MR) is 63.0 cm³/mol. The summed E-state index contributed by atoms with van der Waals surface area (Å²) in [7, 11) is 0. The monoisotopic (exact) mass is 287 g/mol. The van der Waals surface area contributed by atoms with Crippen molar-refractivity contribution in [2.75, 3.05) is 0 Å². The molecule has 0 radical (unpaired) electrons. The molecule has 1 aliphatic heterocycles. The fourth-order valence-electron chi connectivity index (χ4n) is 1.48. The van der Waals surface area contributed by atoms with Crippen molar-refractivity contribution in [2.45, 2.75) is 12.8 Å². The van der Waals surface area contributed by atoms with Crippen LogP contribution in [-0.4, -0.2) is 22.8 Å². The van der Waals surface area contributed by atoms with E-state index in [1.165, 1.54) is 12.1 Å². The standard InChI is InChI=1S/C11H7Cl2NO4/c12-6-2-1-3-7(13)10(6)11(17)18-14-8(15)4-5-9(14)16/h1-3H,4-5H2. The second-order valence-corrected chi connectivity index (χ2v) is 4.37. The molecule has 2 amide bonds. The van der Waals surface area contributed by atoms with E-state index in [0.717, 1.165) is 0 Å². The maximum absolute atomic E-state index is 11.8. The van der Waals surface area contributed by atoms with Crippen molar-refractivity contribution in [3.8, 4) is 0 Å². The van der Waals surface area contributed by atoms with E-state index >= 15 is 0 Å². The lowest BCUT2D eigenvalue weighted by atomic mass is 10.2. The fourth-order valence-corrected chi connectivity index (χ4v) is 2.03. The Hall–Kier alpha value is -1.59. The van der Waals surface area contributed by atoms with Gasteiger partial charge in [-0.3, -0.25) is 9.59 Å². The van der Waals surface area contributed by atoms with Crippen molar-refractivity contribution in [2.24, 2.45) is 0 Å². The number of imide groups is 1. The second-order valence-electron chi connectivity index (χ2n) is 3.56. The molecule has 18 heavy (non-hydrogen) atoms. The van der Waals surface area contributed by atoms with Gasteiger partial charge in [-0.2, -0.15) is 0 Å². The van der Waals surface area contributed by atoms with Crippen LogP contribution in [-0.2, 0) is 14.4 Å². The molecule has 1 aromatic carbocycles. The Morgan fingerprint density at radius 3 is 2.11 bits per heavy atom. The molecule has 0 spiro atoms. The first-order valence-corrected chi connectivity index (χ1v) is 5.78. The highest BCUT2D eigenvalue weighted by Crippen LogP contribution is 2.26. The molecule has 0 saturated carbocycles. The first-order valence-electron chi connectivity index (χ1n) is 5.03. The Bertz CT molecular complexity index is 508. The van der Waals surface area contributed by atoms with Gasteiger partial charge in [0.05, 0.1) is 15.6 Å². The van der Waals surface area contributed by atoms with Crippen LogP contribution < -0.4 is 0 Å². The maximum atomic E-state index is 11.8. The number of halogens is 2. The third-order valence-electron chi connectivity index (χ3n) is 2.35. The van der Waals surface area contributed by atoms with Gasteiger partial charge >= 0.3 is 5.97 Å². The molecule has 0 aliphatic carbocycles. The highest BCUT2D eigenvalue weighted by molar-refractivity contribution is 6.39. The number of hydroxylamine groups is 2. The number of benzene rings is 1. The van der Waals surface area contributed by atoms with Gasteiger partial charge in [-0.05, 0) is 12.1 Å². The summed E-state index contributed by atoms with van der Waals surface area (Å²) < 4.78 is 0. The van der Waals surface area contributed by atoms with E-state index < -0.39 is 17.8 Å². The number of rotatable bonds is 2. The highest BCUT2D eigenvalue weighted by atomic mass is 35.5. The van der Waals surface area contributed by atoms with Gasteiger partial charge in [0.15, 0.2) is 0 Å². The van der Waals surface area contributed by atoms with Crippen molar-refractivity contribution in [1.29, 1.82) is 0 Å². The van der Waals surface area contributed by atoms with Gasteiger partial charge in [0, 0.05) is 12.8 Å². The second kappa shape index (κ2) is 4.96. The highest BCUT2D eigenvalue weighted by Gasteiger charge is 2.33. The minimum atomic E-state index is -0.936. The largest absolute Gasteiger partial charge is 0.366 e. The van der Waals surface area contributed by atoms with Gasteiger partial charge in [-0.25, -0.2) is 4.79 Å². The molecule has 1 heterocycles. The van der Waals surface area contributed by atoms with E-state index in [1.54, 1.807) is 6.07 Å². The van der Waals surface area contributed by atoms with E-state index in [2.05, 4.69) is 0 Å². The molecular formula is C11H7Cl2NO4. The summed E-state index contributed by atoms with van der Waals surface area (Å²) in [6, 6.07) is 4.48. The van der Waals surface area contributed by atoms with Crippen LogP contribution in [0.3, 0.4) is 0 Å². The van der Waals surface area contributed by atoms with Gasteiger partial charge in [0.1, 0.15) is 0 Å². The van der Waals surface area contributed by atoms with E-state index in [9.17, 15) is 14.4 Å². The smallest absolute Gasteiger partial charge is 0.325 e. The van der Waals surface area contributed by atoms with E-state index in [4.69, 9.17) is 28.0 Å². The molecule has 1 fully saturated rings. The topological polar surface area (TPSA) is 63.7 Å². The molecule has 0 bridgehead atoms. The molecular weight excluding hydrogens is 281 g/mol. The van der Waals surface area contributed by atoms with Crippen LogP contribution in [0.15, 0.2) is 18.2 Å². The van der Waals surface area contributed by atoms with Crippen molar-refractivity contribution in [3.05, 3.63) is 33.8 Å². The molecule has 0 aromatic heterocycles. The Morgan fingerprint density at radius 1 is 1.11 bits per heavy atom. The zero-order valence-electron chi connectivity index (χ0n) is 8.98. The van der Waals surface area contributed by atoms with Crippen LogP contribution in [0, 0.1) is 0 Å². The Labute approximate surface area is 112 Å². The molecule has 7 heteroatoms. The molecule has 1 aromatic rings. The minimum Gasteiger partial charge on any atom is -0.325 e. The van der Waals surface area contributed by atoms with Crippen LogP contribution in [0.2, 0.25) is 10.0 Å². The average Bonchev–Trinajstić information content (AvgIpc) is 2.60. The third-order valence-corrected chi connectivity index (χ3v) is 2.98. The van der Waals surface area contributed by atoms with Gasteiger partial charge in [0.2, 0.25) is 0 Å². The van der Waals surface area contributed by atoms with Crippen molar-refractivity contribution in [1.82, 2.24) is 5.06 Å². The van der Waals surface area contributed by atoms with Crippen LogP contribution in [0.4, 0.5) is 0 Å². The molecule has 94 valence electrons. The lowest BCUT2D eigenvalue weighted by Crippen LogP contribution is -2.32. The first-order chi connectivity index (χ1) is 8.50. The van der Waals surface area contributed by atoms with Crippen LogP contribution in [0.1, 0.15) is 23.2 Å². The zero-order chi connectivity index (χ0) is 13.3. The lowest BCUT2D eigenvalue weighted by molar-refractivity contribution is -0.172. The summed E-state index contributed by atoms with van der Waals surface area (Å²) in [6.45, 7) is 0. The molecule has 0 N–H and O–H groups in total. The maximum Gasteiger partial charge on any atom is 0.366 e. The number of amides is 2. The van der Waals surface area contributed by atoms with Crippen LogP contribution >= 0.6 is 23.2 Å². The van der Waals surface area contributed by atoms with Crippen molar-refractivity contribution >= 4 is 41.0 Å². The number of hydrogen-bond acceptors (Lipinski definition) is 4. The zero-order valence-corrected chi connectivity index (χ0v) is 10.5. The van der Waals surface area contributed by atoms with Crippen LogP contribution in [0.25, 0.3) is 0 Å². The Kier molecular flexibility index (Phi) is 3.54. The minimum absolute atomic E-state index is 0.0301. The molecule has 1 aliphatic rings. The van der Waals surface area contributed by atoms with E-state index in [-0.39, 0.29) is 28.5 Å². The molecule has 2 rings (SSSR count). The Balaban J connectivity index is 2.23. The number of hydrogen-bond donors (Lipinski definition) is 0. The van der Waals surface area contributed by atoms with E-state index in [1.807, 2.05) is 0 Å². The lowest BCUT2D eigenvalue weighted by Gasteiger charge is -2.13. The fraction of sp³-hybridized carbons (Fsp3) is 0.182. The van der Waals surface area contributed by atoms with Gasteiger partial charge in [-0.15, -0.1) is 5.06 Å². The first kappa shape index (κ1) is 12.9. The number of carbonyl (C=O) groups excluding carboxylic acids is 3. The normalized spacial score (nSPS) is 15.1. The van der Waals surface area contributed by atoms with Crippen LogP contribution in [0.5, 0.6) is 0 Å². The quantitative estimate of drug-likeness (QED) is 0.783. The molecule has 0 unspecified atom stereocenters. The van der Waals surface area contributed by atoms with Gasteiger partial charge < -0.3 is 4.84 Å². The van der Waals surface area contributed by atoms with E-state index in [0.29, 0.717) is 5.06 Å². The summed E-state index contributed by atoms with van der Waals surface area (Å²) in [5.74, 6) is -2.05. The SMILES string of the molecule is O=C(ON1C(=O)CCC1=O)c1c(Cl)cccc1Cl. The summed E-state index contributed by atoms with van der Waals surface area (Å²) in [4.78, 5) is 39.1. The van der Waals surface area contributed by atoms with Gasteiger partial charge in [-0.1, -0.05) is 29.3 Å². The molecule has 1 saturated heterocycles.